The first-order valence-corrected chi connectivity index (χ1v) is 5.74. The van der Waals surface area contributed by atoms with E-state index in [0.29, 0.717) is 18.7 Å². The monoisotopic (exact) mass is 286 g/mol. The largest absolute Gasteiger partial charge is 0.478 e. The van der Waals surface area contributed by atoms with E-state index in [-0.39, 0.29) is 18.7 Å². The highest BCUT2D eigenvalue weighted by atomic mass is 19.2. The predicted octanol–water partition coefficient (Wildman–Crippen LogP) is 0.719. The summed E-state index contributed by atoms with van der Waals surface area (Å²) in [7, 11) is 0. The Kier molecular flexibility index (Phi) is 3.69. The fraction of sp³-hybridized carbons (Fsp3) is 0.333. The van der Waals surface area contributed by atoms with Crippen molar-refractivity contribution in [2.75, 3.05) is 18.5 Å². The number of hydrogen-bond donors (Lipinski definition) is 3. The van der Waals surface area contributed by atoms with Gasteiger partial charge in [-0.2, -0.15) is 0 Å². The molecule has 6 nitrogen and oxygen atoms in total. The van der Waals surface area contributed by atoms with Crippen molar-refractivity contribution in [3.8, 4) is 0 Å². The molecular formula is C12H12F2N2O4. The van der Waals surface area contributed by atoms with Crippen LogP contribution in [0.3, 0.4) is 0 Å². The molecule has 2 rings (SSSR count). The number of nitrogens with two attached hydrogens (primary N) is 1. The Hall–Kier alpha value is -2.06. The number of carbonyl (C=O) groups excluding carboxylic acids is 1. The lowest BCUT2D eigenvalue weighted by Gasteiger charge is -2.21. The zero-order chi connectivity index (χ0) is 14.9. The van der Waals surface area contributed by atoms with Crippen LogP contribution in [0.4, 0.5) is 14.5 Å². The molecule has 0 bridgehead atoms. The first kappa shape index (κ1) is 14.4. The van der Waals surface area contributed by atoms with Crippen molar-refractivity contribution in [1.82, 2.24) is 0 Å². The molecule has 0 spiro atoms. The van der Waals surface area contributed by atoms with E-state index in [9.17, 15) is 18.4 Å². The van der Waals surface area contributed by atoms with Crippen LogP contribution in [0.2, 0.25) is 0 Å². The first-order valence-electron chi connectivity index (χ1n) is 5.74. The Labute approximate surface area is 112 Å². The number of carboxylic acids is 1. The molecule has 108 valence electrons. The van der Waals surface area contributed by atoms with Gasteiger partial charge >= 0.3 is 5.97 Å². The minimum absolute atomic E-state index is 0.0229. The molecule has 0 aromatic heterocycles. The molecular weight excluding hydrogens is 274 g/mol. The minimum atomic E-state index is -1.49. The van der Waals surface area contributed by atoms with Crippen molar-refractivity contribution >= 4 is 17.6 Å². The van der Waals surface area contributed by atoms with Crippen LogP contribution in [0.1, 0.15) is 16.8 Å². The number of amides is 1. The molecule has 1 amide bonds. The Morgan fingerprint density at radius 1 is 1.35 bits per heavy atom. The molecule has 1 aromatic carbocycles. The predicted molar refractivity (Wildman–Crippen MR) is 64.3 cm³/mol. The maximum Gasteiger partial charge on any atom is 0.337 e. The van der Waals surface area contributed by atoms with Crippen LogP contribution in [0, 0.1) is 11.6 Å². The van der Waals surface area contributed by atoms with Gasteiger partial charge in [0, 0.05) is 12.7 Å². The maximum absolute atomic E-state index is 13.2. The molecule has 1 saturated heterocycles. The SMILES string of the molecule is NC1(C(=O)Nc2cc(F)c(F)cc2C(=O)O)CCOC1. The van der Waals surface area contributed by atoms with Gasteiger partial charge in [0.25, 0.3) is 0 Å². The molecule has 1 heterocycles. The number of rotatable bonds is 3. The van der Waals surface area contributed by atoms with Gasteiger partial charge in [0.1, 0.15) is 5.54 Å². The van der Waals surface area contributed by atoms with Crippen molar-refractivity contribution in [3.63, 3.8) is 0 Å². The highest BCUT2D eigenvalue weighted by Crippen LogP contribution is 2.23. The van der Waals surface area contributed by atoms with Crippen molar-refractivity contribution in [2.24, 2.45) is 5.73 Å². The molecule has 20 heavy (non-hydrogen) atoms. The number of hydrogen-bond acceptors (Lipinski definition) is 4. The summed E-state index contributed by atoms with van der Waals surface area (Å²) in [5.41, 5.74) is 3.58. The van der Waals surface area contributed by atoms with E-state index in [4.69, 9.17) is 15.6 Å². The highest BCUT2D eigenvalue weighted by molar-refractivity contribution is 6.03. The summed E-state index contributed by atoms with van der Waals surface area (Å²) < 4.78 is 31.2. The second kappa shape index (κ2) is 5.14. The fourth-order valence-electron chi connectivity index (χ4n) is 1.83. The second-order valence-corrected chi connectivity index (χ2v) is 4.53. The van der Waals surface area contributed by atoms with E-state index in [1.165, 1.54) is 0 Å². The summed E-state index contributed by atoms with van der Waals surface area (Å²) in [6, 6.07) is 1.11. The molecule has 1 atom stereocenters. The number of anilines is 1. The number of aromatic carboxylic acids is 1. The average Bonchev–Trinajstić information content (AvgIpc) is 2.81. The molecule has 1 aliphatic heterocycles. The molecule has 0 saturated carbocycles. The summed E-state index contributed by atoms with van der Waals surface area (Å²) in [5.74, 6) is -4.78. The van der Waals surface area contributed by atoms with Crippen LogP contribution in [0.25, 0.3) is 0 Å². The van der Waals surface area contributed by atoms with E-state index in [0.717, 1.165) is 0 Å². The lowest BCUT2D eigenvalue weighted by molar-refractivity contribution is -0.121. The van der Waals surface area contributed by atoms with Crippen LogP contribution in [0.15, 0.2) is 12.1 Å². The molecule has 1 unspecified atom stereocenters. The fourth-order valence-corrected chi connectivity index (χ4v) is 1.83. The summed E-state index contributed by atoms with van der Waals surface area (Å²) in [6.07, 6.45) is 0.255. The number of benzene rings is 1. The van der Waals surface area contributed by atoms with Gasteiger partial charge in [-0.05, 0) is 12.5 Å². The van der Waals surface area contributed by atoms with Gasteiger partial charge in [0.2, 0.25) is 5.91 Å². The van der Waals surface area contributed by atoms with Gasteiger partial charge in [-0.1, -0.05) is 0 Å². The van der Waals surface area contributed by atoms with Crippen molar-refractivity contribution in [1.29, 1.82) is 0 Å². The average molecular weight is 286 g/mol. The van der Waals surface area contributed by atoms with E-state index >= 15 is 0 Å². The summed E-state index contributed by atoms with van der Waals surface area (Å²) in [5, 5.41) is 11.1. The van der Waals surface area contributed by atoms with Crippen molar-refractivity contribution < 1.29 is 28.2 Å². The highest BCUT2D eigenvalue weighted by Gasteiger charge is 2.38. The van der Waals surface area contributed by atoms with Gasteiger partial charge in [0.05, 0.1) is 17.9 Å². The van der Waals surface area contributed by atoms with Crippen molar-refractivity contribution in [2.45, 2.75) is 12.0 Å². The molecule has 8 heteroatoms. The quantitative estimate of drug-likeness (QED) is 0.760. The first-order chi connectivity index (χ1) is 9.33. The second-order valence-electron chi connectivity index (χ2n) is 4.53. The number of carbonyl (C=O) groups is 2. The summed E-state index contributed by atoms with van der Waals surface area (Å²) in [6.45, 7) is 0.276. The van der Waals surface area contributed by atoms with E-state index < -0.39 is 34.6 Å². The van der Waals surface area contributed by atoms with E-state index in [2.05, 4.69) is 5.32 Å². The summed E-state index contributed by atoms with van der Waals surface area (Å²) >= 11 is 0. The molecule has 4 N–H and O–H groups in total. The zero-order valence-electron chi connectivity index (χ0n) is 10.3. The number of halogens is 2. The van der Waals surface area contributed by atoms with Gasteiger partial charge in [-0.15, -0.1) is 0 Å². The van der Waals surface area contributed by atoms with Gasteiger partial charge in [-0.3, -0.25) is 4.79 Å². The Morgan fingerprint density at radius 2 is 2.00 bits per heavy atom. The van der Waals surface area contributed by atoms with Gasteiger partial charge in [0.15, 0.2) is 11.6 Å². The third-order valence-corrected chi connectivity index (χ3v) is 3.04. The Bertz CT molecular complexity index is 571. The van der Waals surface area contributed by atoms with E-state index in [1.807, 2.05) is 0 Å². The molecule has 1 fully saturated rings. The standard InChI is InChI=1S/C12H12F2N2O4/c13-7-3-6(10(17)18)9(4-8(7)14)16-11(19)12(15)1-2-20-5-12/h3-4H,1-2,5,15H2,(H,16,19)(H,17,18). The topological polar surface area (TPSA) is 102 Å². The molecule has 0 aliphatic carbocycles. The minimum Gasteiger partial charge on any atom is -0.478 e. The third-order valence-electron chi connectivity index (χ3n) is 3.04. The van der Waals surface area contributed by atoms with Crippen LogP contribution in [-0.4, -0.2) is 35.7 Å². The lowest BCUT2D eigenvalue weighted by Crippen LogP contribution is -2.51. The lowest BCUT2D eigenvalue weighted by atomic mass is 9.99. The molecule has 1 aliphatic rings. The zero-order valence-corrected chi connectivity index (χ0v) is 10.3. The maximum atomic E-state index is 13.2. The Balaban J connectivity index is 2.31. The van der Waals surface area contributed by atoms with Crippen LogP contribution in [-0.2, 0) is 9.53 Å². The van der Waals surface area contributed by atoms with Crippen LogP contribution in [0.5, 0.6) is 0 Å². The Morgan fingerprint density at radius 3 is 2.55 bits per heavy atom. The van der Waals surface area contributed by atoms with Gasteiger partial charge in [-0.25, -0.2) is 13.6 Å². The number of ether oxygens (including phenoxy) is 1. The van der Waals surface area contributed by atoms with Crippen LogP contribution >= 0.6 is 0 Å². The normalized spacial score (nSPS) is 21.8. The smallest absolute Gasteiger partial charge is 0.337 e. The van der Waals surface area contributed by atoms with Crippen molar-refractivity contribution in [3.05, 3.63) is 29.3 Å². The van der Waals surface area contributed by atoms with Crippen LogP contribution < -0.4 is 11.1 Å². The third kappa shape index (κ3) is 2.61. The van der Waals surface area contributed by atoms with E-state index in [1.54, 1.807) is 0 Å². The molecule has 0 radical (unpaired) electrons. The van der Waals surface area contributed by atoms with Gasteiger partial charge < -0.3 is 20.9 Å². The number of nitrogens with one attached hydrogen (secondary N) is 1. The summed E-state index contributed by atoms with van der Waals surface area (Å²) in [4.78, 5) is 23.0. The number of carboxylic acid groups (broad SMARTS) is 1. The molecule has 1 aromatic rings.